The first-order valence-corrected chi connectivity index (χ1v) is 9.41. The number of rotatable bonds is 2. The molecule has 0 aliphatic carbocycles. The average molecular weight is 369 g/mol. The van der Waals surface area contributed by atoms with E-state index < -0.39 is 0 Å². The zero-order chi connectivity index (χ0) is 18.8. The highest BCUT2D eigenvalue weighted by atomic mass is 16.5. The first kappa shape index (κ1) is 17.7. The van der Waals surface area contributed by atoms with Gasteiger partial charge in [-0.2, -0.15) is 0 Å². The number of amides is 2. The van der Waals surface area contributed by atoms with Crippen molar-refractivity contribution in [3.8, 4) is 0 Å². The first-order valence-electron chi connectivity index (χ1n) is 9.41. The lowest BCUT2D eigenvalue weighted by Gasteiger charge is -2.36. The summed E-state index contributed by atoms with van der Waals surface area (Å²) in [5.41, 5.74) is 0.745. The molecule has 0 unspecified atom stereocenters. The van der Waals surface area contributed by atoms with Gasteiger partial charge >= 0.3 is 0 Å². The highest BCUT2D eigenvalue weighted by molar-refractivity contribution is 6.06. The number of fused-ring (bicyclic) bond motifs is 1. The Balaban J connectivity index is 1.56. The molecule has 1 N–H and O–H groups in total. The number of aromatic nitrogens is 1. The van der Waals surface area contributed by atoms with E-state index in [1.807, 2.05) is 23.1 Å². The predicted octanol–water partition coefficient (Wildman–Crippen LogP) is 1.24. The quantitative estimate of drug-likeness (QED) is 0.863. The fourth-order valence-corrected chi connectivity index (χ4v) is 3.96. The number of aromatic amines is 1. The Morgan fingerprint density at radius 3 is 2.67 bits per heavy atom. The van der Waals surface area contributed by atoms with Crippen molar-refractivity contribution in [2.24, 2.45) is 5.92 Å². The molecule has 27 heavy (non-hydrogen) atoms. The monoisotopic (exact) mass is 369 g/mol. The molecule has 1 aromatic heterocycles. The fourth-order valence-electron chi connectivity index (χ4n) is 3.96. The van der Waals surface area contributed by atoms with Crippen LogP contribution in [0, 0.1) is 5.92 Å². The minimum Gasteiger partial charge on any atom is -0.378 e. The van der Waals surface area contributed by atoms with Crippen molar-refractivity contribution in [1.82, 2.24) is 14.8 Å². The standard InChI is InChI=1S/C20H23N3O4/c24-18-12-16(15-5-1-2-6-17(15)21-18)20(26)23-7-3-4-14(13-23)19(25)22-8-10-27-11-9-22/h1-2,5-6,12,14H,3-4,7-11,13H2,(H,21,24)/t14-/m1/s1. The van der Waals surface area contributed by atoms with Crippen LogP contribution in [0.25, 0.3) is 10.9 Å². The van der Waals surface area contributed by atoms with Gasteiger partial charge in [-0.3, -0.25) is 14.4 Å². The molecule has 4 rings (SSSR count). The minimum atomic E-state index is -0.296. The first-order chi connectivity index (χ1) is 13.1. The number of pyridine rings is 1. The summed E-state index contributed by atoms with van der Waals surface area (Å²) in [7, 11) is 0. The molecule has 2 aliphatic heterocycles. The van der Waals surface area contributed by atoms with Crippen molar-refractivity contribution in [3.63, 3.8) is 0 Å². The number of carbonyl (C=O) groups excluding carboxylic acids is 2. The van der Waals surface area contributed by atoms with E-state index in [-0.39, 0.29) is 23.3 Å². The lowest BCUT2D eigenvalue weighted by atomic mass is 9.95. The van der Waals surface area contributed by atoms with Crippen LogP contribution in [-0.2, 0) is 9.53 Å². The number of hydrogen-bond acceptors (Lipinski definition) is 4. The van der Waals surface area contributed by atoms with Crippen molar-refractivity contribution in [2.45, 2.75) is 12.8 Å². The maximum absolute atomic E-state index is 13.1. The number of likely N-dealkylation sites (tertiary alicyclic amines) is 1. The summed E-state index contributed by atoms with van der Waals surface area (Å²) >= 11 is 0. The van der Waals surface area contributed by atoms with Crippen LogP contribution in [0.5, 0.6) is 0 Å². The van der Waals surface area contributed by atoms with Crippen LogP contribution in [0.2, 0.25) is 0 Å². The number of benzene rings is 1. The van der Waals surface area contributed by atoms with Crippen LogP contribution in [0.1, 0.15) is 23.2 Å². The van der Waals surface area contributed by atoms with Crippen molar-refractivity contribution >= 4 is 22.7 Å². The Bertz CT molecular complexity index is 917. The second-order valence-electron chi connectivity index (χ2n) is 7.12. The molecule has 0 saturated carbocycles. The van der Waals surface area contributed by atoms with Crippen LogP contribution < -0.4 is 5.56 Å². The van der Waals surface area contributed by atoms with Gasteiger partial charge in [-0.25, -0.2) is 0 Å². The number of morpholine rings is 1. The zero-order valence-corrected chi connectivity index (χ0v) is 15.1. The van der Waals surface area contributed by atoms with Crippen LogP contribution in [0.3, 0.4) is 0 Å². The number of piperidine rings is 1. The fraction of sp³-hybridized carbons (Fsp3) is 0.450. The van der Waals surface area contributed by atoms with E-state index in [9.17, 15) is 14.4 Å². The molecule has 142 valence electrons. The Morgan fingerprint density at radius 1 is 1.07 bits per heavy atom. The second kappa shape index (κ2) is 7.52. The van der Waals surface area contributed by atoms with Gasteiger partial charge in [0, 0.05) is 43.1 Å². The summed E-state index contributed by atoms with van der Waals surface area (Å²) in [6.45, 7) is 3.37. The van der Waals surface area contributed by atoms with Gasteiger partial charge in [0.05, 0.1) is 24.7 Å². The molecule has 0 radical (unpaired) electrons. The van der Waals surface area contributed by atoms with Gasteiger partial charge in [-0.1, -0.05) is 18.2 Å². The lowest BCUT2D eigenvalue weighted by Crippen LogP contribution is -2.49. The molecule has 2 fully saturated rings. The Hall–Kier alpha value is -2.67. The number of nitrogens with zero attached hydrogens (tertiary/aromatic N) is 2. The van der Waals surface area contributed by atoms with Crippen LogP contribution in [0.4, 0.5) is 0 Å². The number of H-pyrrole nitrogens is 1. The SMILES string of the molecule is O=C(c1cc(=O)[nH]c2ccccc12)N1CCC[C@@H](C(=O)N2CCOCC2)C1. The Morgan fingerprint density at radius 2 is 1.85 bits per heavy atom. The predicted molar refractivity (Wildman–Crippen MR) is 101 cm³/mol. The topological polar surface area (TPSA) is 82.7 Å². The maximum Gasteiger partial charge on any atom is 0.254 e. The molecular formula is C20H23N3O4. The van der Waals surface area contributed by atoms with Gasteiger partial charge < -0.3 is 19.5 Å². The molecular weight excluding hydrogens is 346 g/mol. The normalized spacial score (nSPS) is 20.7. The van der Waals surface area contributed by atoms with Crippen molar-refractivity contribution in [2.75, 3.05) is 39.4 Å². The maximum atomic E-state index is 13.1. The van der Waals surface area contributed by atoms with Crippen molar-refractivity contribution < 1.29 is 14.3 Å². The number of para-hydroxylation sites is 1. The molecule has 7 nitrogen and oxygen atoms in total. The molecule has 0 bridgehead atoms. The van der Waals surface area contributed by atoms with Crippen LogP contribution in [-0.4, -0.2) is 66.0 Å². The minimum absolute atomic E-state index is 0.103. The van der Waals surface area contributed by atoms with Crippen LogP contribution in [0.15, 0.2) is 35.1 Å². The van der Waals surface area contributed by atoms with E-state index in [0.717, 1.165) is 18.2 Å². The second-order valence-corrected chi connectivity index (χ2v) is 7.12. The smallest absolute Gasteiger partial charge is 0.254 e. The highest BCUT2D eigenvalue weighted by Crippen LogP contribution is 2.23. The van der Waals surface area contributed by atoms with E-state index in [1.165, 1.54) is 6.07 Å². The van der Waals surface area contributed by atoms with Crippen molar-refractivity contribution in [1.29, 1.82) is 0 Å². The van der Waals surface area contributed by atoms with Crippen LogP contribution >= 0.6 is 0 Å². The largest absolute Gasteiger partial charge is 0.378 e. The number of nitrogens with one attached hydrogen (secondary N) is 1. The summed E-state index contributed by atoms with van der Waals surface area (Å²) in [4.78, 5) is 44.2. The molecule has 1 atom stereocenters. The number of hydrogen-bond donors (Lipinski definition) is 1. The van der Waals surface area contributed by atoms with Crippen molar-refractivity contribution in [3.05, 3.63) is 46.2 Å². The summed E-state index contributed by atoms with van der Waals surface area (Å²) in [5, 5.41) is 0.726. The van der Waals surface area contributed by atoms with E-state index in [1.54, 1.807) is 11.0 Å². The van der Waals surface area contributed by atoms with E-state index in [2.05, 4.69) is 4.98 Å². The Kier molecular flexibility index (Phi) is 4.94. The number of carbonyl (C=O) groups is 2. The molecule has 7 heteroatoms. The molecule has 2 aromatic rings. The third kappa shape index (κ3) is 3.60. The zero-order valence-electron chi connectivity index (χ0n) is 15.1. The molecule has 2 amide bonds. The summed E-state index contributed by atoms with van der Waals surface area (Å²) < 4.78 is 5.32. The van der Waals surface area contributed by atoms with Gasteiger partial charge in [-0.05, 0) is 18.9 Å². The Labute approximate surface area is 156 Å². The van der Waals surface area contributed by atoms with Gasteiger partial charge in [0.25, 0.3) is 5.91 Å². The summed E-state index contributed by atoms with van der Waals surface area (Å²) in [6, 6.07) is 8.65. The van der Waals surface area contributed by atoms with E-state index in [4.69, 9.17) is 4.74 Å². The molecule has 0 spiro atoms. The van der Waals surface area contributed by atoms with Gasteiger partial charge in [0.15, 0.2) is 0 Å². The average Bonchev–Trinajstić information content (AvgIpc) is 2.72. The highest BCUT2D eigenvalue weighted by Gasteiger charge is 2.32. The van der Waals surface area contributed by atoms with E-state index >= 15 is 0 Å². The third-order valence-corrected chi connectivity index (χ3v) is 5.36. The van der Waals surface area contributed by atoms with Gasteiger partial charge in [0.2, 0.25) is 11.5 Å². The summed E-state index contributed by atoms with van der Waals surface area (Å²) in [5.74, 6) is -0.266. The van der Waals surface area contributed by atoms with E-state index in [0.29, 0.717) is 50.5 Å². The third-order valence-electron chi connectivity index (χ3n) is 5.36. The molecule has 3 heterocycles. The van der Waals surface area contributed by atoms with Gasteiger partial charge in [0.1, 0.15) is 0 Å². The summed E-state index contributed by atoms with van der Waals surface area (Å²) in [6.07, 6.45) is 1.57. The lowest BCUT2D eigenvalue weighted by molar-refractivity contribution is -0.141. The molecule has 2 saturated heterocycles. The van der Waals surface area contributed by atoms with Gasteiger partial charge in [-0.15, -0.1) is 0 Å². The molecule has 2 aliphatic rings. The number of ether oxygens (including phenoxy) is 1. The molecule has 1 aromatic carbocycles.